The fraction of sp³-hybridized carbons (Fsp3) is 0.238. The second-order valence-corrected chi connectivity index (χ2v) is 7.68. The molecule has 2 bridgehead atoms. The number of imide groups is 3. The number of likely N-dealkylation sites (tertiary alicyclic amines) is 1. The Balaban J connectivity index is 1.91. The summed E-state index contributed by atoms with van der Waals surface area (Å²) in [6.07, 6.45) is 0. The number of hydrogen-bond acceptors (Lipinski definition) is 4. The largest absolute Gasteiger partial charge is 0.351 e. The molecule has 7 heteroatoms. The predicted octanol–water partition coefficient (Wildman–Crippen LogP) is 1.01. The van der Waals surface area contributed by atoms with Crippen molar-refractivity contribution in [2.45, 2.75) is 17.9 Å². The molecular formula is C21H17N3O4. The highest BCUT2D eigenvalue weighted by atomic mass is 16.2. The van der Waals surface area contributed by atoms with Gasteiger partial charge >= 0.3 is 6.03 Å². The maximum absolute atomic E-state index is 13.3. The lowest BCUT2D eigenvalue weighted by Crippen LogP contribution is -2.72. The Morgan fingerprint density at radius 1 is 0.929 bits per heavy atom. The summed E-state index contributed by atoms with van der Waals surface area (Å²) in [5, 5.41) is 3.03. The highest BCUT2D eigenvalue weighted by Crippen LogP contribution is 2.61. The maximum atomic E-state index is 13.3. The number of nitrogens with two attached hydrogens (primary N) is 1. The standard InChI is InChI=1S/C21H17N3O4/c1-20-12-9-5-6-10-13(12)21(23-18(20)27,11-7-3-2-4-8-11)15-14(20)16(25)24(17(15)26)19(22)28/h2-10,14-15H,1H3,(H2,22,28)(H,23,27). The number of nitrogens with zero attached hydrogens (tertiary/aromatic N) is 1. The Hall–Kier alpha value is -3.48. The zero-order chi connectivity index (χ0) is 19.8. The zero-order valence-corrected chi connectivity index (χ0v) is 15.0. The Labute approximate surface area is 160 Å². The minimum absolute atomic E-state index is 0.344. The van der Waals surface area contributed by atoms with Crippen LogP contribution in [0.5, 0.6) is 0 Å². The summed E-state index contributed by atoms with van der Waals surface area (Å²) >= 11 is 0. The molecule has 2 aromatic carbocycles. The van der Waals surface area contributed by atoms with Crippen LogP contribution in [-0.4, -0.2) is 28.7 Å². The van der Waals surface area contributed by atoms with E-state index in [0.29, 0.717) is 16.0 Å². The third-order valence-electron chi connectivity index (χ3n) is 6.54. The molecule has 2 aromatic rings. The van der Waals surface area contributed by atoms with Gasteiger partial charge in [0, 0.05) is 0 Å². The van der Waals surface area contributed by atoms with Crippen LogP contribution in [0, 0.1) is 11.8 Å². The molecule has 0 aromatic heterocycles. The van der Waals surface area contributed by atoms with Gasteiger partial charge in [0.25, 0.3) is 0 Å². The van der Waals surface area contributed by atoms with E-state index in [4.69, 9.17) is 5.73 Å². The van der Waals surface area contributed by atoms with Crippen LogP contribution in [0.15, 0.2) is 54.6 Å². The van der Waals surface area contributed by atoms with Gasteiger partial charge in [0.1, 0.15) is 5.54 Å². The maximum Gasteiger partial charge on any atom is 0.328 e. The van der Waals surface area contributed by atoms with Crippen LogP contribution in [0.1, 0.15) is 23.6 Å². The van der Waals surface area contributed by atoms with E-state index in [9.17, 15) is 19.2 Å². The summed E-state index contributed by atoms with van der Waals surface area (Å²) in [6.45, 7) is 1.66. The highest BCUT2D eigenvalue weighted by molar-refractivity contribution is 6.20. The molecule has 2 fully saturated rings. The summed E-state index contributed by atoms with van der Waals surface area (Å²) < 4.78 is 0. The summed E-state index contributed by atoms with van der Waals surface area (Å²) in [7, 11) is 0. The van der Waals surface area contributed by atoms with Gasteiger partial charge in [-0.15, -0.1) is 0 Å². The molecule has 5 amide bonds. The third-order valence-corrected chi connectivity index (χ3v) is 6.54. The van der Waals surface area contributed by atoms with E-state index in [0.717, 1.165) is 5.56 Å². The van der Waals surface area contributed by atoms with Crippen molar-refractivity contribution in [1.82, 2.24) is 10.2 Å². The summed E-state index contributed by atoms with van der Waals surface area (Å²) in [4.78, 5) is 52.1. The first-order valence-electron chi connectivity index (χ1n) is 9.00. The minimum atomic E-state index is -1.27. The Morgan fingerprint density at radius 2 is 1.50 bits per heavy atom. The van der Waals surface area contributed by atoms with E-state index in [2.05, 4.69) is 5.32 Å². The van der Waals surface area contributed by atoms with Gasteiger partial charge in [0.2, 0.25) is 17.7 Å². The summed E-state index contributed by atoms with van der Waals surface area (Å²) in [5.41, 5.74) is 4.97. The lowest BCUT2D eigenvalue weighted by molar-refractivity contribution is -0.147. The van der Waals surface area contributed by atoms with E-state index in [1.54, 1.807) is 13.0 Å². The molecular weight excluding hydrogens is 358 g/mol. The zero-order valence-electron chi connectivity index (χ0n) is 15.0. The van der Waals surface area contributed by atoms with Crippen molar-refractivity contribution in [3.05, 3.63) is 71.3 Å². The van der Waals surface area contributed by atoms with Gasteiger partial charge in [-0.1, -0.05) is 54.6 Å². The highest BCUT2D eigenvalue weighted by Gasteiger charge is 2.74. The average Bonchev–Trinajstić information content (AvgIpc) is 2.97. The molecule has 28 heavy (non-hydrogen) atoms. The smallest absolute Gasteiger partial charge is 0.328 e. The topological polar surface area (TPSA) is 110 Å². The molecule has 0 saturated carbocycles. The van der Waals surface area contributed by atoms with Crippen molar-refractivity contribution in [3.8, 4) is 0 Å². The van der Waals surface area contributed by atoms with E-state index in [-0.39, 0.29) is 5.91 Å². The van der Waals surface area contributed by atoms with Gasteiger partial charge in [0.05, 0.1) is 17.3 Å². The first kappa shape index (κ1) is 16.7. The molecule has 0 spiro atoms. The van der Waals surface area contributed by atoms with E-state index in [1.807, 2.05) is 48.5 Å². The molecule has 6 rings (SSSR count). The Kier molecular flexibility index (Phi) is 3.02. The lowest BCUT2D eigenvalue weighted by Gasteiger charge is -2.57. The number of primary amides is 1. The number of hydrogen-bond donors (Lipinski definition) is 2. The first-order chi connectivity index (χ1) is 13.3. The Morgan fingerprint density at radius 3 is 2.14 bits per heavy atom. The summed E-state index contributed by atoms with van der Waals surface area (Å²) in [5.74, 6) is -3.69. The van der Waals surface area contributed by atoms with Crippen molar-refractivity contribution >= 4 is 23.8 Å². The van der Waals surface area contributed by atoms with Crippen molar-refractivity contribution in [2.75, 3.05) is 0 Å². The number of carbonyl (C=O) groups is 4. The van der Waals surface area contributed by atoms with Crippen LogP contribution < -0.4 is 11.1 Å². The van der Waals surface area contributed by atoms with Gasteiger partial charge in [-0.05, 0) is 23.6 Å². The van der Waals surface area contributed by atoms with Gasteiger partial charge in [-0.3, -0.25) is 14.4 Å². The fourth-order valence-electron chi connectivity index (χ4n) is 5.35. The van der Waals surface area contributed by atoms with E-state index < -0.39 is 40.6 Å². The molecule has 4 unspecified atom stereocenters. The predicted molar refractivity (Wildman–Crippen MR) is 97.6 cm³/mol. The van der Waals surface area contributed by atoms with Gasteiger partial charge < -0.3 is 11.1 Å². The molecule has 140 valence electrons. The lowest BCUT2D eigenvalue weighted by atomic mass is 9.49. The van der Waals surface area contributed by atoms with Crippen molar-refractivity contribution in [1.29, 1.82) is 0 Å². The van der Waals surface area contributed by atoms with Crippen molar-refractivity contribution < 1.29 is 19.2 Å². The molecule has 0 radical (unpaired) electrons. The quantitative estimate of drug-likeness (QED) is 0.725. The van der Waals surface area contributed by atoms with Crippen LogP contribution in [0.25, 0.3) is 0 Å². The minimum Gasteiger partial charge on any atom is -0.351 e. The van der Waals surface area contributed by atoms with Crippen LogP contribution in [-0.2, 0) is 25.3 Å². The number of carbonyl (C=O) groups excluding carboxylic acids is 4. The van der Waals surface area contributed by atoms with Gasteiger partial charge in [-0.2, -0.15) is 4.90 Å². The van der Waals surface area contributed by atoms with Crippen molar-refractivity contribution in [2.24, 2.45) is 17.6 Å². The molecule has 2 saturated heterocycles. The molecule has 3 heterocycles. The van der Waals surface area contributed by atoms with Gasteiger partial charge in [-0.25, -0.2) is 4.79 Å². The molecule has 3 N–H and O–H groups in total. The SMILES string of the molecule is CC12C(=O)NC(c3ccccc3)(c3ccccc31)C1C(=O)N(C(N)=O)C(=O)C12. The second kappa shape index (κ2) is 5.07. The number of nitrogens with one attached hydrogen (secondary N) is 1. The molecule has 7 nitrogen and oxygen atoms in total. The number of amides is 5. The van der Waals surface area contributed by atoms with Crippen molar-refractivity contribution in [3.63, 3.8) is 0 Å². The number of urea groups is 1. The van der Waals surface area contributed by atoms with Crippen LogP contribution in [0.2, 0.25) is 0 Å². The average molecular weight is 375 g/mol. The van der Waals surface area contributed by atoms with E-state index in [1.165, 1.54) is 0 Å². The number of fused-ring (bicyclic) bond motifs is 1. The third kappa shape index (κ3) is 1.61. The normalized spacial score (nSPS) is 32.8. The molecule has 4 atom stereocenters. The van der Waals surface area contributed by atoms with Crippen LogP contribution >= 0.6 is 0 Å². The molecule has 4 aliphatic rings. The van der Waals surface area contributed by atoms with Crippen LogP contribution in [0.4, 0.5) is 4.79 Å². The number of benzene rings is 2. The Bertz CT molecular complexity index is 1080. The second-order valence-electron chi connectivity index (χ2n) is 7.68. The fourth-order valence-corrected chi connectivity index (χ4v) is 5.35. The molecule has 3 aliphatic heterocycles. The summed E-state index contributed by atoms with van der Waals surface area (Å²) in [6, 6.07) is 15.3. The first-order valence-corrected chi connectivity index (χ1v) is 9.00. The monoisotopic (exact) mass is 375 g/mol. The molecule has 1 aliphatic carbocycles. The van der Waals surface area contributed by atoms with Crippen LogP contribution in [0.3, 0.4) is 0 Å². The number of rotatable bonds is 1. The number of piperidine rings is 1. The van der Waals surface area contributed by atoms with Gasteiger partial charge in [0.15, 0.2) is 0 Å². The van der Waals surface area contributed by atoms with E-state index >= 15 is 0 Å².